The number of carbonyl (C=O) groups is 3. The molecular formula is C34H36N2O4. The molecule has 40 heavy (non-hydrogen) atoms. The second-order valence-corrected chi connectivity index (χ2v) is 10.1. The largest absolute Gasteiger partial charge is 0.481 e. The molecule has 0 saturated heterocycles. The first-order chi connectivity index (χ1) is 19.5. The van der Waals surface area contributed by atoms with E-state index in [2.05, 4.69) is 41.0 Å². The van der Waals surface area contributed by atoms with Gasteiger partial charge in [-0.2, -0.15) is 0 Å². The van der Waals surface area contributed by atoms with Crippen LogP contribution in [0.15, 0.2) is 103 Å². The van der Waals surface area contributed by atoms with E-state index in [-0.39, 0.29) is 12.3 Å². The molecule has 0 saturated carbocycles. The van der Waals surface area contributed by atoms with Crippen molar-refractivity contribution in [3.05, 3.63) is 120 Å². The van der Waals surface area contributed by atoms with E-state index in [9.17, 15) is 19.5 Å². The molecule has 0 aliphatic rings. The minimum absolute atomic E-state index is 0.279. The van der Waals surface area contributed by atoms with Crippen LogP contribution in [0.2, 0.25) is 0 Å². The number of nitrogens with one attached hydrogen (secondary N) is 2. The zero-order valence-corrected chi connectivity index (χ0v) is 22.6. The van der Waals surface area contributed by atoms with Crippen molar-refractivity contribution in [1.82, 2.24) is 10.6 Å². The fourth-order valence-corrected chi connectivity index (χ4v) is 4.93. The fourth-order valence-electron chi connectivity index (χ4n) is 4.93. The molecule has 2 atom stereocenters. The van der Waals surface area contributed by atoms with Gasteiger partial charge in [-0.25, -0.2) is 0 Å². The Morgan fingerprint density at radius 1 is 0.675 bits per heavy atom. The van der Waals surface area contributed by atoms with Crippen LogP contribution in [-0.2, 0) is 33.6 Å². The summed E-state index contributed by atoms with van der Waals surface area (Å²) < 4.78 is 0. The van der Waals surface area contributed by atoms with E-state index in [1.807, 2.05) is 72.8 Å². The van der Waals surface area contributed by atoms with Crippen molar-refractivity contribution >= 4 is 28.6 Å². The number of hydrogen-bond donors (Lipinski definition) is 3. The molecule has 0 aliphatic carbocycles. The van der Waals surface area contributed by atoms with Crippen LogP contribution >= 0.6 is 0 Å². The second kappa shape index (κ2) is 14.6. The number of fused-ring (bicyclic) bond motifs is 1. The average molecular weight is 537 g/mol. The molecule has 4 rings (SSSR count). The number of benzene rings is 4. The van der Waals surface area contributed by atoms with Gasteiger partial charge in [-0.15, -0.1) is 0 Å². The van der Waals surface area contributed by atoms with E-state index in [1.165, 1.54) is 5.39 Å². The maximum absolute atomic E-state index is 13.3. The maximum atomic E-state index is 13.3. The van der Waals surface area contributed by atoms with Gasteiger partial charge in [0, 0.05) is 18.9 Å². The Morgan fingerprint density at radius 3 is 2.02 bits per heavy atom. The van der Waals surface area contributed by atoms with Crippen molar-refractivity contribution in [2.45, 2.75) is 44.6 Å². The van der Waals surface area contributed by atoms with E-state index in [1.54, 1.807) is 0 Å². The van der Waals surface area contributed by atoms with Crippen LogP contribution in [0.3, 0.4) is 0 Å². The molecule has 0 fully saturated rings. The van der Waals surface area contributed by atoms with Crippen molar-refractivity contribution < 1.29 is 19.5 Å². The molecule has 2 unspecified atom stereocenters. The second-order valence-electron chi connectivity index (χ2n) is 10.1. The lowest BCUT2D eigenvalue weighted by molar-refractivity contribution is -0.141. The Labute approximate surface area is 235 Å². The van der Waals surface area contributed by atoms with Gasteiger partial charge in [0.15, 0.2) is 0 Å². The number of carbonyl (C=O) groups excluding carboxylic acids is 2. The quantitative estimate of drug-likeness (QED) is 0.203. The van der Waals surface area contributed by atoms with E-state index in [4.69, 9.17) is 0 Å². The molecule has 0 heterocycles. The number of hydrogen-bond acceptors (Lipinski definition) is 3. The molecule has 4 aromatic carbocycles. The lowest BCUT2D eigenvalue weighted by Gasteiger charge is -2.22. The van der Waals surface area contributed by atoms with Crippen molar-refractivity contribution in [3.63, 3.8) is 0 Å². The molecule has 6 heteroatoms. The highest BCUT2D eigenvalue weighted by molar-refractivity contribution is 5.90. The van der Waals surface area contributed by atoms with E-state index in [0.29, 0.717) is 32.2 Å². The summed E-state index contributed by atoms with van der Waals surface area (Å²) in [5, 5.41) is 17.7. The van der Waals surface area contributed by atoms with E-state index in [0.717, 1.165) is 28.5 Å². The fraction of sp³-hybridized carbons (Fsp3) is 0.265. The van der Waals surface area contributed by atoms with Crippen LogP contribution in [0.5, 0.6) is 0 Å². The maximum Gasteiger partial charge on any atom is 0.304 e. The van der Waals surface area contributed by atoms with Gasteiger partial charge in [-0.3, -0.25) is 14.4 Å². The lowest BCUT2D eigenvalue weighted by Crippen LogP contribution is -2.50. The summed E-state index contributed by atoms with van der Waals surface area (Å²) in [4.78, 5) is 38.1. The molecule has 0 bridgehead atoms. The molecule has 0 radical (unpaired) electrons. The number of aryl methyl sites for hydroxylation is 1. The molecule has 6 nitrogen and oxygen atoms in total. The smallest absolute Gasteiger partial charge is 0.304 e. The first kappa shape index (κ1) is 28.6. The van der Waals surface area contributed by atoms with Gasteiger partial charge in [0.2, 0.25) is 11.8 Å². The monoisotopic (exact) mass is 536 g/mol. The minimum Gasteiger partial charge on any atom is -0.481 e. The highest BCUT2D eigenvalue weighted by atomic mass is 16.4. The normalized spacial score (nSPS) is 12.4. The van der Waals surface area contributed by atoms with Gasteiger partial charge in [0.05, 0.1) is 6.42 Å². The van der Waals surface area contributed by atoms with Crippen LogP contribution < -0.4 is 10.6 Å². The first-order valence-electron chi connectivity index (χ1n) is 13.8. The van der Waals surface area contributed by atoms with Gasteiger partial charge in [-0.1, -0.05) is 103 Å². The number of aliphatic carboxylic acids is 1. The van der Waals surface area contributed by atoms with Crippen molar-refractivity contribution in [3.8, 4) is 0 Å². The SMILES string of the molecule is O=C(O)CC(CCCc1ccc2ccccc2c1)C(=O)NC(Cc1ccccc1)C(=O)NCCc1ccccc1. The molecule has 3 N–H and O–H groups in total. The topological polar surface area (TPSA) is 95.5 Å². The van der Waals surface area contributed by atoms with Crippen LogP contribution in [0, 0.1) is 5.92 Å². The molecule has 0 spiro atoms. The number of carboxylic acids is 1. The highest BCUT2D eigenvalue weighted by Gasteiger charge is 2.27. The third-order valence-corrected chi connectivity index (χ3v) is 7.10. The third kappa shape index (κ3) is 8.80. The average Bonchev–Trinajstić information content (AvgIpc) is 2.97. The standard InChI is InChI=1S/C34H36N2O4/c37-32(38)24-30(17-9-14-27-18-19-28-15-7-8-16-29(28)22-27)33(39)36-31(23-26-12-5-2-6-13-26)34(40)35-21-20-25-10-3-1-4-11-25/h1-8,10-13,15-16,18-19,22,30-31H,9,14,17,20-21,23-24H2,(H,35,40)(H,36,39)(H,37,38). The van der Waals surface area contributed by atoms with Gasteiger partial charge >= 0.3 is 5.97 Å². The Hall–Kier alpha value is -4.45. The van der Waals surface area contributed by atoms with E-state index < -0.39 is 23.8 Å². The number of amides is 2. The van der Waals surface area contributed by atoms with Crippen LogP contribution in [-0.4, -0.2) is 35.5 Å². The van der Waals surface area contributed by atoms with Crippen LogP contribution in [0.4, 0.5) is 0 Å². The summed E-state index contributed by atoms with van der Waals surface area (Å²) in [7, 11) is 0. The summed E-state index contributed by atoms with van der Waals surface area (Å²) in [6.45, 7) is 0.439. The zero-order chi connectivity index (χ0) is 28.2. The lowest BCUT2D eigenvalue weighted by atomic mass is 9.94. The highest BCUT2D eigenvalue weighted by Crippen LogP contribution is 2.20. The van der Waals surface area contributed by atoms with Gasteiger partial charge in [-0.05, 0) is 53.1 Å². The van der Waals surface area contributed by atoms with Crippen molar-refractivity contribution in [1.29, 1.82) is 0 Å². The van der Waals surface area contributed by atoms with Crippen LogP contribution in [0.1, 0.15) is 36.0 Å². The summed E-state index contributed by atoms with van der Waals surface area (Å²) in [6, 6.07) is 33.0. The summed E-state index contributed by atoms with van der Waals surface area (Å²) in [6.07, 6.45) is 2.53. The Balaban J connectivity index is 1.38. The van der Waals surface area contributed by atoms with Gasteiger partial charge in [0.1, 0.15) is 6.04 Å². The number of carboxylic acid groups (broad SMARTS) is 1. The predicted molar refractivity (Wildman–Crippen MR) is 158 cm³/mol. The van der Waals surface area contributed by atoms with Crippen molar-refractivity contribution in [2.24, 2.45) is 5.92 Å². The minimum atomic E-state index is -1.03. The molecule has 0 aromatic heterocycles. The molecule has 2 amide bonds. The predicted octanol–water partition coefficient (Wildman–Crippen LogP) is 5.34. The molecular weight excluding hydrogens is 500 g/mol. The van der Waals surface area contributed by atoms with E-state index >= 15 is 0 Å². The Kier molecular flexibility index (Phi) is 10.4. The third-order valence-electron chi connectivity index (χ3n) is 7.10. The first-order valence-corrected chi connectivity index (χ1v) is 13.8. The summed E-state index contributed by atoms with van der Waals surface area (Å²) in [5.74, 6) is -2.44. The molecule has 4 aromatic rings. The zero-order valence-electron chi connectivity index (χ0n) is 22.6. The van der Waals surface area contributed by atoms with Gasteiger partial charge < -0.3 is 15.7 Å². The summed E-state index contributed by atoms with van der Waals surface area (Å²) >= 11 is 0. The molecule has 0 aliphatic heterocycles. The molecule has 206 valence electrons. The number of rotatable bonds is 14. The van der Waals surface area contributed by atoms with Crippen LogP contribution in [0.25, 0.3) is 10.8 Å². The van der Waals surface area contributed by atoms with Gasteiger partial charge in [0.25, 0.3) is 0 Å². The summed E-state index contributed by atoms with van der Waals surface area (Å²) in [5.41, 5.74) is 3.17. The Bertz CT molecular complexity index is 1410. The van der Waals surface area contributed by atoms with Crippen molar-refractivity contribution in [2.75, 3.05) is 6.54 Å². The Morgan fingerprint density at radius 2 is 1.32 bits per heavy atom.